The molecule has 2 rings (SSSR count). The van der Waals surface area contributed by atoms with Crippen LogP contribution in [0.25, 0.3) is 0 Å². The minimum Gasteiger partial charge on any atom is -0.476 e. The van der Waals surface area contributed by atoms with Gasteiger partial charge < -0.3 is 10.2 Å². The first-order valence-electron chi connectivity index (χ1n) is 4.60. The zero-order valence-corrected chi connectivity index (χ0v) is 10.3. The molecule has 2 aromatic heterocycles. The summed E-state index contributed by atoms with van der Waals surface area (Å²) in [5.74, 6) is -2.11. The van der Waals surface area contributed by atoms with E-state index in [1.807, 2.05) is 0 Å². The van der Waals surface area contributed by atoms with Crippen LogP contribution >= 0.6 is 0 Å². The molecule has 9 heteroatoms. The Kier molecular flexibility index (Phi) is 7.55. The molecule has 0 aliphatic carbocycles. The molecule has 0 saturated heterocycles. The SMILES string of the molecule is O=C(O)c1cnccn1.O=C(O)c1cnccn1.[Ni]. The minimum absolute atomic E-state index is 0. The third kappa shape index (κ3) is 6.18. The molecule has 0 spiro atoms. The molecule has 0 radical (unpaired) electrons. The molecule has 2 N–H and O–H groups in total. The van der Waals surface area contributed by atoms with Crippen molar-refractivity contribution < 1.29 is 36.3 Å². The minimum atomic E-state index is -1.05. The van der Waals surface area contributed by atoms with Gasteiger partial charge in [0.1, 0.15) is 0 Å². The van der Waals surface area contributed by atoms with Gasteiger partial charge >= 0.3 is 11.9 Å². The van der Waals surface area contributed by atoms with E-state index in [1.54, 1.807) is 0 Å². The average Bonchev–Trinajstić information content (AvgIpc) is 2.41. The van der Waals surface area contributed by atoms with E-state index in [2.05, 4.69) is 19.9 Å². The number of carboxylic acids is 2. The molecule has 19 heavy (non-hydrogen) atoms. The van der Waals surface area contributed by atoms with Gasteiger partial charge in [0.25, 0.3) is 0 Å². The third-order valence-corrected chi connectivity index (χ3v) is 1.56. The van der Waals surface area contributed by atoms with Gasteiger partial charge in [-0.1, -0.05) is 0 Å². The smallest absolute Gasteiger partial charge is 0.356 e. The Morgan fingerprint density at radius 2 is 1.16 bits per heavy atom. The van der Waals surface area contributed by atoms with Crippen molar-refractivity contribution in [1.29, 1.82) is 0 Å². The predicted octanol–water partition coefficient (Wildman–Crippen LogP) is 0.347. The number of rotatable bonds is 2. The van der Waals surface area contributed by atoms with Gasteiger partial charge in [0.15, 0.2) is 11.4 Å². The zero-order chi connectivity index (χ0) is 13.4. The summed E-state index contributed by atoms with van der Waals surface area (Å²) in [6, 6.07) is 0. The van der Waals surface area contributed by atoms with Gasteiger partial charge in [-0.3, -0.25) is 9.97 Å². The molecule has 2 aromatic rings. The van der Waals surface area contributed by atoms with Crippen LogP contribution in [0.1, 0.15) is 21.0 Å². The first kappa shape index (κ1) is 16.6. The zero-order valence-electron chi connectivity index (χ0n) is 9.28. The van der Waals surface area contributed by atoms with Crippen molar-refractivity contribution in [3.8, 4) is 0 Å². The number of hydrogen-bond acceptors (Lipinski definition) is 6. The molecule has 0 atom stereocenters. The maximum Gasteiger partial charge on any atom is 0.356 e. The molecule has 8 nitrogen and oxygen atoms in total. The van der Waals surface area contributed by atoms with E-state index < -0.39 is 11.9 Å². The van der Waals surface area contributed by atoms with E-state index in [9.17, 15) is 9.59 Å². The van der Waals surface area contributed by atoms with E-state index in [-0.39, 0.29) is 27.9 Å². The Labute approximate surface area is 117 Å². The van der Waals surface area contributed by atoms with Crippen LogP contribution < -0.4 is 0 Å². The summed E-state index contributed by atoms with van der Waals surface area (Å²) in [6.45, 7) is 0. The van der Waals surface area contributed by atoms with Crippen molar-refractivity contribution in [3.63, 3.8) is 0 Å². The fraction of sp³-hybridized carbons (Fsp3) is 0. The van der Waals surface area contributed by atoms with E-state index in [4.69, 9.17) is 10.2 Å². The van der Waals surface area contributed by atoms with Crippen LogP contribution in [0.3, 0.4) is 0 Å². The van der Waals surface area contributed by atoms with Crippen LogP contribution in [0.5, 0.6) is 0 Å². The van der Waals surface area contributed by atoms with Gasteiger partial charge in [0.05, 0.1) is 12.4 Å². The number of carboxylic acid groups (broad SMARTS) is 2. The van der Waals surface area contributed by atoms with Crippen LogP contribution in [0.15, 0.2) is 37.2 Å². The molecule has 0 amide bonds. The first-order valence-corrected chi connectivity index (χ1v) is 4.60. The monoisotopic (exact) mass is 306 g/mol. The van der Waals surface area contributed by atoms with Crippen molar-refractivity contribution in [2.75, 3.05) is 0 Å². The van der Waals surface area contributed by atoms with Crippen LogP contribution in [0.2, 0.25) is 0 Å². The Balaban J connectivity index is 0.000000324. The van der Waals surface area contributed by atoms with Gasteiger partial charge in [-0.2, -0.15) is 0 Å². The number of aromatic carboxylic acids is 2. The molecule has 0 fully saturated rings. The Hall–Kier alpha value is -2.41. The molecule has 2 heterocycles. The summed E-state index contributed by atoms with van der Waals surface area (Å²) < 4.78 is 0. The molecule has 102 valence electrons. The number of hydrogen-bond donors (Lipinski definition) is 2. The van der Waals surface area contributed by atoms with Gasteiger partial charge in [-0.25, -0.2) is 19.6 Å². The predicted molar refractivity (Wildman–Crippen MR) is 58.0 cm³/mol. The van der Waals surface area contributed by atoms with E-state index >= 15 is 0 Å². The number of aromatic nitrogens is 4. The van der Waals surface area contributed by atoms with Gasteiger partial charge in [-0.05, 0) is 0 Å². The Morgan fingerprint density at radius 1 is 0.789 bits per heavy atom. The maximum atomic E-state index is 10.1. The fourth-order valence-corrected chi connectivity index (χ4v) is 0.819. The topological polar surface area (TPSA) is 126 Å². The Bertz CT molecular complexity index is 474. The molecule has 0 saturated carbocycles. The quantitative estimate of drug-likeness (QED) is 0.761. The second-order valence-electron chi connectivity index (χ2n) is 2.79. The summed E-state index contributed by atoms with van der Waals surface area (Å²) >= 11 is 0. The van der Waals surface area contributed by atoms with Crippen LogP contribution in [0.4, 0.5) is 0 Å². The van der Waals surface area contributed by atoms with Crippen molar-refractivity contribution >= 4 is 11.9 Å². The molecular formula is C10H8N4NiO4. The number of carbonyl (C=O) groups is 2. The van der Waals surface area contributed by atoms with Crippen LogP contribution in [-0.2, 0) is 16.5 Å². The second-order valence-corrected chi connectivity index (χ2v) is 2.79. The first-order chi connectivity index (χ1) is 8.61. The fourth-order valence-electron chi connectivity index (χ4n) is 0.819. The molecule has 0 aliphatic rings. The summed E-state index contributed by atoms with van der Waals surface area (Å²) in [4.78, 5) is 34.4. The standard InChI is InChI=1S/2C5H4N2O2.Ni/c2*8-5(9)4-3-6-1-2-7-4;/h2*1-3H,(H,8,9);. The third-order valence-electron chi connectivity index (χ3n) is 1.56. The van der Waals surface area contributed by atoms with Crippen LogP contribution in [-0.4, -0.2) is 42.1 Å². The van der Waals surface area contributed by atoms with E-state index in [0.717, 1.165) is 0 Å². The molecular weight excluding hydrogens is 299 g/mol. The summed E-state index contributed by atoms with van der Waals surface area (Å²) in [5, 5.41) is 16.6. The van der Waals surface area contributed by atoms with Crippen molar-refractivity contribution in [2.45, 2.75) is 0 Å². The van der Waals surface area contributed by atoms with Crippen molar-refractivity contribution in [2.24, 2.45) is 0 Å². The number of nitrogens with zero attached hydrogens (tertiary/aromatic N) is 4. The van der Waals surface area contributed by atoms with Crippen molar-refractivity contribution in [1.82, 2.24) is 19.9 Å². The van der Waals surface area contributed by atoms with Gasteiger partial charge in [0.2, 0.25) is 0 Å². The van der Waals surface area contributed by atoms with Gasteiger partial charge in [0, 0.05) is 41.3 Å². The van der Waals surface area contributed by atoms with Crippen molar-refractivity contribution in [3.05, 3.63) is 48.6 Å². The molecule has 0 aromatic carbocycles. The van der Waals surface area contributed by atoms with E-state index in [0.29, 0.717) is 0 Å². The normalized spacial score (nSPS) is 8.42. The van der Waals surface area contributed by atoms with Crippen LogP contribution in [0, 0.1) is 0 Å². The molecule has 0 unspecified atom stereocenters. The van der Waals surface area contributed by atoms with E-state index in [1.165, 1.54) is 37.2 Å². The second kappa shape index (κ2) is 8.65. The average molecular weight is 307 g/mol. The summed E-state index contributed by atoms with van der Waals surface area (Å²) in [5.41, 5.74) is -0.0602. The summed E-state index contributed by atoms with van der Waals surface area (Å²) in [6.07, 6.45) is 7.91. The molecule has 0 bridgehead atoms. The largest absolute Gasteiger partial charge is 0.476 e. The Morgan fingerprint density at radius 3 is 1.32 bits per heavy atom. The maximum absolute atomic E-state index is 10.1. The molecule has 0 aliphatic heterocycles. The summed E-state index contributed by atoms with van der Waals surface area (Å²) in [7, 11) is 0. The van der Waals surface area contributed by atoms with Gasteiger partial charge in [-0.15, -0.1) is 0 Å².